The van der Waals surface area contributed by atoms with Crippen molar-refractivity contribution in [2.45, 2.75) is 6.92 Å². The van der Waals surface area contributed by atoms with E-state index in [9.17, 15) is 9.59 Å². The smallest absolute Gasteiger partial charge is 0.407 e. The predicted octanol–water partition coefficient (Wildman–Crippen LogP) is 3.02. The van der Waals surface area contributed by atoms with Crippen LogP contribution in [0.25, 0.3) is 16.9 Å². The van der Waals surface area contributed by atoms with Crippen molar-refractivity contribution in [2.75, 3.05) is 26.8 Å². The highest BCUT2D eigenvalue weighted by Gasteiger charge is 2.18. The van der Waals surface area contributed by atoms with Crippen LogP contribution in [0.5, 0.6) is 5.75 Å². The van der Waals surface area contributed by atoms with Gasteiger partial charge in [0.15, 0.2) is 0 Å². The molecule has 2 amide bonds. The van der Waals surface area contributed by atoms with Gasteiger partial charge in [-0.2, -0.15) is 5.10 Å². The van der Waals surface area contributed by atoms with Gasteiger partial charge in [-0.05, 0) is 43.3 Å². The molecule has 0 fully saturated rings. The molecule has 8 heteroatoms. The van der Waals surface area contributed by atoms with Gasteiger partial charge < -0.3 is 20.1 Å². The molecule has 2 N–H and O–H groups in total. The van der Waals surface area contributed by atoms with Crippen LogP contribution in [0.2, 0.25) is 0 Å². The number of aromatic nitrogens is 2. The Bertz CT molecular complexity index is 984. The quantitative estimate of drug-likeness (QED) is 0.559. The Balaban J connectivity index is 1.81. The molecule has 2 aromatic carbocycles. The first-order chi connectivity index (χ1) is 14.6. The number of para-hydroxylation sites is 1. The van der Waals surface area contributed by atoms with Gasteiger partial charge in [-0.15, -0.1) is 0 Å². The zero-order valence-electron chi connectivity index (χ0n) is 16.9. The monoisotopic (exact) mass is 408 g/mol. The number of carbonyl (C=O) groups excluding carboxylic acids is 2. The molecule has 0 saturated carbocycles. The number of ether oxygens (including phenoxy) is 2. The van der Waals surface area contributed by atoms with Gasteiger partial charge in [-0.3, -0.25) is 4.79 Å². The van der Waals surface area contributed by atoms with E-state index in [1.165, 1.54) is 0 Å². The lowest BCUT2D eigenvalue weighted by Gasteiger charge is -2.07. The SMILES string of the molecule is CCOC(=O)NCCNC(=O)c1cn(-c2ccccc2)nc1-c1ccc(OC)cc1. The van der Waals surface area contributed by atoms with Crippen LogP contribution in [-0.2, 0) is 4.74 Å². The first kappa shape index (κ1) is 20.9. The number of hydrogen-bond donors (Lipinski definition) is 2. The Morgan fingerprint density at radius 1 is 1.00 bits per heavy atom. The Hall–Kier alpha value is -3.81. The Kier molecular flexibility index (Phi) is 7.05. The maximum Gasteiger partial charge on any atom is 0.407 e. The Labute approximate surface area is 174 Å². The lowest BCUT2D eigenvalue weighted by Crippen LogP contribution is -2.35. The van der Waals surface area contributed by atoms with Crippen molar-refractivity contribution >= 4 is 12.0 Å². The van der Waals surface area contributed by atoms with E-state index in [1.54, 1.807) is 24.9 Å². The highest BCUT2D eigenvalue weighted by Crippen LogP contribution is 2.25. The largest absolute Gasteiger partial charge is 0.497 e. The number of alkyl carbamates (subject to hydrolysis) is 1. The summed E-state index contributed by atoms with van der Waals surface area (Å²) < 4.78 is 11.7. The van der Waals surface area contributed by atoms with E-state index in [4.69, 9.17) is 9.47 Å². The molecule has 0 spiro atoms. The van der Waals surface area contributed by atoms with Crippen molar-refractivity contribution in [1.82, 2.24) is 20.4 Å². The average Bonchev–Trinajstić information content (AvgIpc) is 3.23. The minimum Gasteiger partial charge on any atom is -0.497 e. The van der Waals surface area contributed by atoms with E-state index < -0.39 is 6.09 Å². The van der Waals surface area contributed by atoms with Crippen molar-refractivity contribution in [1.29, 1.82) is 0 Å². The van der Waals surface area contributed by atoms with Gasteiger partial charge in [-0.25, -0.2) is 9.48 Å². The topological polar surface area (TPSA) is 94.5 Å². The maximum absolute atomic E-state index is 12.8. The van der Waals surface area contributed by atoms with Gasteiger partial charge >= 0.3 is 6.09 Å². The summed E-state index contributed by atoms with van der Waals surface area (Å²) in [5, 5.41) is 10.0. The number of amides is 2. The highest BCUT2D eigenvalue weighted by atomic mass is 16.5. The Morgan fingerprint density at radius 2 is 1.70 bits per heavy atom. The molecule has 0 aliphatic carbocycles. The molecule has 156 valence electrons. The van der Waals surface area contributed by atoms with Crippen LogP contribution in [0.3, 0.4) is 0 Å². The lowest BCUT2D eigenvalue weighted by molar-refractivity contribution is 0.0953. The molecule has 30 heavy (non-hydrogen) atoms. The summed E-state index contributed by atoms with van der Waals surface area (Å²) in [6.07, 6.45) is 1.19. The molecule has 0 radical (unpaired) electrons. The molecule has 8 nitrogen and oxygen atoms in total. The first-order valence-electron chi connectivity index (χ1n) is 9.60. The number of methoxy groups -OCH3 is 1. The van der Waals surface area contributed by atoms with Crippen LogP contribution in [-0.4, -0.2) is 48.6 Å². The standard InChI is InChI=1S/C22H24N4O4/c1-3-30-22(28)24-14-13-23-21(27)19-15-26(17-7-5-4-6-8-17)25-20(19)16-9-11-18(29-2)12-10-16/h4-12,15H,3,13-14H2,1-2H3,(H,23,27)(H,24,28). The molecular formula is C22H24N4O4. The van der Waals surface area contributed by atoms with Gasteiger partial charge in [0.2, 0.25) is 0 Å². The summed E-state index contributed by atoms with van der Waals surface area (Å²) >= 11 is 0. The molecule has 1 aromatic heterocycles. The number of rotatable bonds is 8. The molecule has 0 bridgehead atoms. The van der Waals surface area contributed by atoms with Crippen molar-refractivity contribution in [2.24, 2.45) is 0 Å². The molecule has 0 saturated heterocycles. The van der Waals surface area contributed by atoms with Crippen molar-refractivity contribution in [3.63, 3.8) is 0 Å². The van der Waals surface area contributed by atoms with Gasteiger partial charge in [0.05, 0.1) is 25.0 Å². The molecule has 0 aliphatic heterocycles. The molecule has 3 rings (SSSR count). The van der Waals surface area contributed by atoms with E-state index in [1.807, 2.05) is 54.6 Å². The van der Waals surface area contributed by atoms with Crippen molar-refractivity contribution < 1.29 is 19.1 Å². The van der Waals surface area contributed by atoms with Crippen LogP contribution in [0.1, 0.15) is 17.3 Å². The van der Waals surface area contributed by atoms with Gasteiger partial charge in [0, 0.05) is 24.8 Å². The predicted molar refractivity (Wildman–Crippen MR) is 113 cm³/mol. The Morgan fingerprint density at radius 3 is 2.37 bits per heavy atom. The summed E-state index contributed by atoms with van der Waals surface area (Å²) in [6, 6.07) is 16.9. The third-order valence-electron chi connectivity index (χ3n) is 4.30. The highest BCUT2D eigenvalue weighted by molar-refractivity contribution is 6.00. The molecule has 0 unspecified atom stereocenters. The van der Waals surface area contributed by atoms with Crippen LogP contribution in [0.15, 0.2) is 60.8 Å². The lowest BCUT2D eigenvalue weighted by atomic mass is 10.1. The van der Waals surface area contributed by atoms with Crippen LogP contribution in [0.4, 0.5) is 4.79 Å². The second kappa shape index (κ2) is 10.1. The zero-order chi connectivity index (χ0) is 21.3. The van der Waals surface area contributed by atoms with Crippen LogP contribution in [0, 0.1) is 0 Å². The van der Waals surface area contributed by atoms with E-state index >= 15 is 0 Å². The maximum atomic E-state index is 12.8. The number of carbonyl (C=O) groups is 2. The fourth-order valence-electron chi connectivity index (χ4n) is 2.83. The molecule has 0 atom stereocenters. The molecule has 1 heterocycles. The number of nitrogens with zero attached hydrogens (tertiary/aromatic N) is 2. The van der Waals surface area contributed by atoms with Crippen LogP contribution < -0.4 is 15.4 Å². The zero-order valence-corrected chi connectivity index (χ0v) is 16.9. The van der Waals surface area contributed by atoms with Crippen molar-refractivity contribution in [3.05, 3.63) is 66.4 Å². The van der Waals surface area contributed by atoms with Gasteiger partial charge in [0.25, 0.3) is 5.91 Å². The van der Waals surface area contributed by atoms with E-state index in [2.05, 4.69) is 15.7 Å². The van der Waals surface area contributed by atoms with E-state index in [0.29, 0.717) is 17.9 Å². The van der Waals surface area contributed by atoms with E-state index in [0.717, 1.165) is 17.0 Å². The number of benzene rings is 2. The first-order valence-corrected chi connectivity index (χ1v) is 9.60. The van der Waals surface area contributed by atoms with Gasteiger partial charge in [-0.1, -0.05) is 18.2 Å². The normalized spacial score (nSPS) is 10.3. The number of nitrogens with one attached hydrogen (secondary N) is 2. The average molecular weight is 408 g/mol. The second-order valence-corrected chi connectivity index (χ2v) is 6.30. The van der Waals surface area contributed by atoms with E-state index in [-0.39, 0.29) is 19.0 Å². The fraction of sp³-hybridized carbons (Fsp3) is 0.227. The second-order valence-electron chi connectivity index (χ2n) is 6.30. The fourth-order valence-corrected chi connectivity index (χ4v) is 2.83. The minimum absolute atomic E-state index is 0.259. The summed E-state index contributed by atoms with van der Waals surface area (Å²) in [7, 11) is 1.60. The molecular weight excluding hydrogens is 384 g/mol. The summed E-state index contributed by atoms with van der Waals surface area (Å²) in [6.45, 7) is 2.54. The summed E-state index contributed by atoms with van der Waals surface area (Å²) in [5.74, 6) is 0.436. The van der Waals surface area contributed by atoms with Crippen molar-refractivity contribution in [3.8, 4) is 22.7 Å². The molecule has 3 aromatic rings. The summed E-state index contributed by atoms with van der Waals surface area (Å²) in [4.78, 5) is 24.2. The van der Waals surface area contributed by atoms with Crippen LogP contribution >= 0.6 is 0 Å². The van der Waals surface area contributed by atoms with Gasteiger partial charge in [0.1, 0.15) is 11.4 Å². The third-order valence-corrected chi connectivity index (χ3v) is 4.30. The molecule has 0 aliphatic rings. The summed E-state index contributed by atoms with van der Waals surface area (Å²) in [5.41, 5.74) is 2.62. The number of hydrogen-bond acceptors (Lipinski definition) is 5. The third kappa shape index (κ3) is 5.16. The minimum atomic E-state index is -0.512.